The van der Waals surface area contributed by atoms with E-state index < -0.39 is 0 Å². The molecule has 3 aromatic rings. The van der Waals surface area contributed by atoms with Gasteiger partial charge in [-0.3, -0.25) is 9.38 Å². The fourth-order valence-corrected chi connectivity index (χ4v) is 2.74. The van der Waals surface area contributed by atoms with E-state index in [0.717, 1.165) is 31.0 Å². The number of hydrogen-bond acceptors (Lipinski definition) is 6. The monoisotopic (exact) mass is 295 g/mol. The first-order valence-electron chi connectivity index (χ1n) is 7.49. The van der Waals surface area contributed by atoms with Crippen LogP contribution in [0.25, 0.3) is 17.2 Å². The standard InChI is InChI=1S/C15H17N7/c1-2-7-22-14(5-1)20-21-15(22)12-9-17-10-13(19-12)18-11-4-3-6-16-8-11/h1-2,5,7,9-11,16H,3-4,6,8H2,(H,18,19). The van der Waals surface area contributed by atoms with Gasteiger partial charge in [-0.2, -0.15) is 0 Å². The van der Waals surface area contributed by atoms with Crippen LogP contribution in [0.3, 0.4) is 0 Å². The average molecular weight is 295 g/mol. The lowest BCUT2D eigenvalue weighted by Crippen LogP contribution is -2.38. The van der Waals surface area contributed by atoms with Crippen molar-refractivity contribution < 1.29 is 0 Å². The van der Waals surface area contributed by atoms with Crippen molar-refractivity contribution in [2.75, 3.05) is 18.4 Å². The number of piperidine rings is 1. The lowest BCUT2D eigenvalue weighted by molar-refractivity contribution is 0.479. The molecule has 0 saturated carbocycles. The van der Waals surface area contributed by atoms with Gasteiger partial charge in [0.2, 0.25) is 0 Å². The zero-order valence-electron chi connectivity index (χ0n) is 12.1. The van der Waals surface area contributed by atoms with E-state index in [2.05, 4.69) is 30.8 Å². The Morgan fingerprint density at radius 2 is 2.23 bits per heavy atom. The van der Waals surface area contributed by atoms with Gasteiger partial charge in [-0.15, -0.1) is 10.2 Å². The molecule has 1 atom stereocenters. The van der Waals surface area contributed by atoms with Gasteiger partial charge in [-0.05, 0) is 31.5 Å². The van der Waals surface area contributed by atoms with E-state index in [0.29, 0.717) is 17.6 Å². The van der Waals surface area contributed by atoms with Crippen molar-refractivity contribution in [3.63, 3.8) is 0 Å². The number of pyridine rings is 1. The highest BCUT2D eigenvalue weighted by molar-refractivity contribution is 5.56. The second-order valence-electron chi connectivity index (χ2n) is 5.43. The van der Waals surface area contributed by atoms with E-state index in [1.54, 1.807) is 12.4 Å². The summed E-state index contributed by atoms with van der Waals surface area (Å²) in [6.07, 6.45) is 7.72. The minimum Gasteiger partial charge on any atom is -0.365 e. The maximum atomic E-state index is 4.63. The predicted octanol–water partition coefficient (Wildman–Crippen LogP) is 1.35. The Bertz CT molecular complexity index is 776. The fraction of sp³-hybridized carbons (Fsp3) is 0.333. The maximum Gasteiger partial charge on any atom is 0.188 e. The Labute approximate surface area is 127 Å². The molecule has 1 unspecified atom stereocenters. The van der Waals surface area contributed by atoms with Gasteiger partial charge in [0.05, 0.1) is 12.4 Å². The summed E-state index contributed by atoms with van der Waals surface area (Å²) < 4.78 is 1.91. The topological polar surface area (TPSA) is 80.0 Å². The van der Waals surface area contributed by atoms with Gasteiger partial charge in [-0.25, -0.2) is 4.98 Å². The maximum absolute atomic E-state index is 4.63. The normalized spacial score (nSPS) is 18.5. The third kappa shape index (κ3) is 2.50. The van der Waals surface area contributed by atoms with Gasteiger partial charge in [0.25, 0.3) is 0 Å². The second kappa shape index (κ2) is 5.69. The summed E-state index contributed by atoms with van der Waals surface area (Å²) in [5.41, 5.74) is 1.52. The molecular formula is C15H17N7. The first kappa shape index (κ1) is 13.1. The highest BCUT2D eigenvalue weighted by Crippen LogP contribution is 2.17. The third-order valence-electron chi connectivity index (χ3n) is 3.83. The molecule has 2 N–H and O–H groups in total. The van der Waals surface area contributed by atoms with Crippen LogP contribution in [-0.4, -0.2) is 43.7 Å². The lowest BCUT2D eigenvalue weighted by atomic mass is 10.1. The summed E-state index contributed by atoms with van der Waals surface area (Å²) in [6.45, 7) is 2.05. The molecule has 4 rings (SSSR count). The fourth-order valence-electron chi connectivity index (χ4n) is 2.74. The van der Waals surface area contributed by atoms with Crippen molar-refractivity contribution in [1.82, 2.24) is 29.9 Å². The summed E-state index contributed by atoms with van der Waals surface area (Å²) in [4.78, 5) is 8.92. The Morgan fingerprint density at radius 1 is 1.23 bits per heavy atom. The molecule has 22 heavy (non-hydrogen) atoms. The average Bonchev–Trinajstić information content (AvgIpc) is 3.00. The van der Waals surface area contributed by atoms with Crippen LogP contribution in [0.1, 0.15) is 12.8 Å². The molecule has 1 fully saturated rings. The van der Waals surface area contributed by atoms with E-state index in [1.807, 2.05) is 28.8 Å². The molecule has 7 nitrogen and oxygen atoms in total. The van der Waals surface area contributed by atoms with Gasteiger partial charge < -0.3 is 10.6 Å². The largest absolute Gasteiger partial charge is 0.365 e. The molecule has 4 heterocycles. The quantitative estimate of drug-likeness (QED) is 0.759. The molecule has 3 aromatic heterocycles. The molecule has 0 aliphatic carbocycles. The van der Waals surface area contributed by atoms with E-state index in [-0.39, 0.29) is 0 Å². The molecule has 7 heteroatoms. The van der Waals surface area contributed by atoms with Crippen molar-refractivity contribution in [3.05, 3.63) is 36.8 Å². The van der Waals surface area contributed by atoms with Crippen molar-refractivity contribution in [3.8, 4) is 11.5 Å². The number of hydrogen-bond donors (Lipinski definition) is 2. The summed E-state index contributed by atoms with van der Waals surface area (Å²) in [6, 6.07) is 6.20. The smallest absolute Gasteiger partial charge is 0.188 e. The van der Waals surface area contributed by atoms with E-state index in [4.69, 9.17) is 0 Å². The molecule has 0 bridgehead atoms. The predicted molar refractivity (Wildman–Crippen MR) is 83.5 cm³/mol. The summed E-state index contributed by atoms with van der Waals surface area (Å²) in [5, 5.41) is 15.2. The molecule has 0 amide bonds. The van der Waals surface area contributed by atoms with Crippen molar-refractivity contribution in [2.24, 2.45) is 0 Å². The molecule has 1 aliphatic rings. The molecule has 1 aliphatic heterocycles. The molecule has 1 saturated heterocycles. The van der Waals surface area contributed by atoms with Crippen molar-refractivity contribution in [2.45, 2.75) is 18.9 Å². The van der Waals surface area contributed by atoms with Crippen LogP contribution in [-0.2, 0) is 0 Å². The van der Waals surface area contributed by atoms with E-state index in [1.165, 1.54) is 6.42 Å². The van der Waals surface area contributed by atoms with Gasteiger partial charge in [0, 0.05) is 18.8 Å². The zero-order valence-corrected chi connectivity index (χ0v) is 12.1. The molecule has 0 spiro atoms. The van der Waals surface area contributed by atoms with Gasteiger partial charge in [-0.1, -0.05) is 6.07 Å². The number of rotatable bonds is 3. The Kier molecular flexibility index (Phi) is 3.40. The van der Waals surface area contributed by atoms with Gasteiger partial charge >= 0.3 is 0 Å². The van der Waals surface area contributed by atoms with E-state index >= 15 is 0 Å². The van der Waals surface area contributed by atoms with Gasteiger partial charge in [0.15, 0.2) is 11.5 Å². The number of anilines is 1. The van der Waals surface area contributed by atoms with Crippen LogP contribution in [0, 0.1) is 0 Å². The Morgan fingerprint density at radius 3 is 3.14 bits per heavy atom. The van der Waals surface area contributed by atoms with Crippen LogP contribution in [0.5, 0.6) is 0 Å². The minimum atomic E-state index is 0.397. The van der Waals surface area contributed by atoms with E-state index in [9.17, 15) is 0 Å². The summed E-state index contributed by atoms with van der Waals surface area (Å²) in [7, 11) is 0. The highest BCUT2D eigenvalue weighted by Gasteiger charge is 2.14. The molecular weight excluding hydrogens is 278 g/mol. The van der Waals surface area contributed by atoms with Crippen molar-refractivity contribution in [1.29, 1.82) is 0 Å². The molecule has 112 valence electrons. The second-order valence-corrected chi connectivity index (χ2v) is 5.43. The summed E-state index contributed by atoms with van der Waals surface area (Å²) >= 11 is 0. The number of nitrogens with zero attached hydrogens (tertiary/aromatic N) is 5. The molecule has 0 aromatic carbocycles. The Hall–Kier alpha value is -2.54. The SMILES string of the molecule is c1ccn2c(-c3cncc(NC4CCCNC4)n3)nnc2c1. The first-order chi connectivity index (χ1) is 10.9. The molecule has 0 radical (unpaired) electrons. The van der Waals surface area contributed by atoms with Crippen LogP contribution in [0.4, 0.5) is 5.82 Å². The first-order valence-corrected chi connectivity index (χ1v) is 7.49. The van der Waals surface area contributed by atoms with Crippen LogP contribution in [0.15, 0.2) is 36.8 Å². The van der Waals surface area contributed by atoms with Crippen LogP contribution in [0.2, 0.25) is 0 Å². The number of aromatic nitrogens is 5. The third-order valence-corrected chi connectivity index (χ3v) is 3.83. The van der Waals surface area contributed by atoms with Crippen LogP contribution < -0.4 is 10.6 Å². The van der Waals surface area contributed by atoms with Crippen LogP contribution >= 0.6 is 0 Å². The number of fused-ring (bicyclic) bond motifs is 1. The minimum absolute atomic E-state index is 0.397. The highest BCUT2D eigenvalue weighted by atomic mass is 15.3. The number of nitrogens with one attached hydrogen (secondary N) is 2. The lowest BCUT2D eigenvalue weighted by Gasteiger charge is -2.24. The summed E-state index contributed by atoms with van der Waals surface area (Å²) in [5.74, 6) is 1.48. The Balaban J connectivity index is 1.63. The van der Waals surface area contributed by atoms with Gasteiger partial charge in [0.1, 0.15) is 11.5 Å². The zero-order chi connectivity index (χ0) is 14.8. The van der Waals surface area contributed by atoms with Crippen molar-refractivity contribution >= 4 is 11.5 Å².